The second-order valence-corrected chi connectivity index (χ2v) is 6.02. The Bertz CT molecular complexity index is 496. The molecular weight excluding hydrogens is 216 g/mol. The smallest absolute Gasteiger partial charge is 0.0811 e. The third-order valence-corrected chi connectivity index (χ3v) is 4.88. The number of fused-ring (bicyclic) bond motifs is 2. The highest BCUT2D eigenvalue weighted by Crippen LogP contribution is 2.41. The molecule has 0 saturated heterocycles. The van der Waals surface area contributed by atoms with Gasteiger partial charge in [-0.3, -0.25) is 0 Å². The summed E-state index contributed by atoms with van der Waals surface area (Å²) in [5.74, 6) is 0.960. The van der Waals surface area contributed by atoms with Crippen LogP contribution in [0.15, 0.2) is 52.3 Å². The summed E-state index contributed by atoms with van der Waals surface area (Å²) in [5.41, 5.74) is 1.21. The Hall–Kier alpha value is -1.15. The van der Waals surface area contributed by atoms with Gasteiger partial charge in [0.15, 0.2) is 0 Å². The Labute approximate surface area is 98.3 Å². The summed E-state index contributed by atoms with van der Waals surface area (Å²) in [6.45, 7) is 2.05. The fraction of sp³-hybridized carbons (Fsp3) is 0.286. The van der Waals surface area contributed by atoms with Crippen molar-refractivity contribution >= 4 is 10.8 Å². The molecule has 2 aliphatic carbocycles. The van der Waals surface area contributed by atoms with E-state index in [-0.39, 0.29) is 0 Å². The van der Waals surface area contributed by atoms with Crippen LogP contribution in [-0.2, 0) is 10.8 Å². The zero-order chi connectivity index (χ0) is 11.1. The summed E-state index contributed by atoms with van der Waals surface area (Å²) >= 11 is 0. The van der Waals surface area contributed by atoms with E-state index < -0.39 is 10.8 Å². The van der Waals surface area contributed by atoms with Crippen molar-refractivity contribution in [2.45, 2.75) is 18.2 Å². The number of benzene rings is 1. The van der Waals surface area contributed by atoms with Gasteiger partial charge in [-0.05, 0) is 31.4 Å². The van der Waals surface area contributed by atoms with Gasteiger partial charge < -0.3 is 0 Å². The normalized spacial score (nSPS) is 28.2. The minimum absolute atomic E-state index is 0.423. The van der Waals surface area contributed by atoms with E-state index in [4.69, 9.17) is 0 Å². The SMILES string of the molecule is Cc1ccc([S@](=O)C2=C[C@H]3C=C[C@@H]2C3)cc1. The molecule has 0 unspecified atom stereocenters. The molecule has 0 saturated carbocycles. The number of hydrogen-bond acceptors (Lipinski definition) is 1. The van der Waals surface area contributed by atoms with Crippen LogP contribution in [0.4, 0.5) is 0 Å². The molecule has 0 aliphatic heterocycles. The summed E-state index contributed by atoms with van der Waals surface area (Å²) in [5, 5.41) is 0. The molecule has 82 valence electrons. The zero-order valence-corrected chi connectivity index (χ0v) is 10.0. The van der Waals surface area contributed by atoms with Gasteiger partial charge in [0.25, 0.3) is 0 Å². The van der Waals surface area contributed by atoms with Gasteiger partial charge in [-0.25, -0.2) is 4.21 Å². The van der Waals surface area contributed by atoms with E-state index in [1.807, 2.05) is 31.2 Å². The first-order valence-corrected chi connectivity index (χ1v) is 6.77. The summed E-state index contributed by atoms with van der Waals surface area (Å²) in [7, 11) is -0.957. The molecule has 0 heterocycles. The van der Waals surface area contributed by atoms with Gasteiger partial charge in [0.1, 0.15) is 0 Å². The molecular formula is C14H14OS. The van der Waals surface area contributed by atoms with Crippen molar-refractivity contribution in [2.24, 2.45) is 11.8 Å². The average Bonchev–Trinajstić information content (AvgIpc) is 2.91. The van der Waals surface area contributed by atoms with E-state index in [1.165, 1.54) is 5.56 Å². The Morgan fingerprint density at radius 3 is 2.50 bits per heavy atom. The summed E-state index contributed by atoms with van der Waals surface area (Å²) < 4.78 is 12.4. The van der Waals surface area contributed by atoms with Crippen LogP contribution in [0.2, 0.25) is 0 Å². The third-order valence-electron chi connectivity index (χ3n) is 3.31. The lowest BCUT2D eigenvalue weighted by Gasteiger charge is -2.09. The quantitative estimate of drug-likeness (QED) is 0.713. The number of rotatable bonds is 2. The van der Waals surface area contributed by atoms with Crippen molar-refractivity contribution in [3.05, 3.63) is 53.0 Å². The minimum Gasteiger partial charge on any atom is -0.249 e. The van der Waals surface area contributed by atoms with Gasteiger partial charge in [-0.2, -0.15) is 0 Å². The topological polar surface area (TPSA) is 17.1 Å². The lowest BCUT2D eigenvalue weighted by Crippen LogP contribution is -2.02. The van der Waals surface area contributed by atoms with Crippen molar-refractivity contribution in [1.82, 2.24) is 0 Å². The highest BCUT2D eigenvalue weighted by molar-refractivity contribution is 7.89. The van der Waals surface area contributed by atoms with E-state index in [0.29, 0.717) is 11.8 Å². The number of hydrogen-bond donors (Lipinski definition) is 0. The predicted molar refractivity (Wildman–Crippen MR) is 66.4 cm³/mol. The third kappa shape index (κ3) is 1.57. The maximum atomic E-state index is 12.4. The molecule has 0 spiro atoms. The van der Waals surface area contributed by atoms with Crippen molar-refractivity contribution < 1.29 is 4.21 Å². The molecule has 2 aliphatic rings. The Balaban J connectivity index is 1.89. The first kappa shape index (κ1) is 10.0. The van der Waals surface area contributed by atoms with E-state index >= 15 is 0 Å². The molecule has 2 bridgehead atoms. The molecule has 0 fully saturated rings. The van der Waals surface area contributed by atoms with Gasteiger partial charge in [-0.1, -0.05) is 35.9 Å². The summed E-state index contributed by atoms with van der Waals surface area (Å²) in [6.07, 6.45) is 7.74. The van der Waals surface area contributed by atoms with Crippen LogP contribution in [0.5, 0.6) is 0 Å². The highest BCUT2D eigenvalue weighted by Gasteiger charge is 2.31. The molecule has 0 N–H and O–H groups in total. The van der Waals surface area contributed by atoms with E-state index in [9.17, 15) is 4.21 Å². The standard InChI is InChI=1S/C14H14OS/c1-10-2-6-13(7-3-10)16(15)14-9-11-4-5-12(14)8-11/h2-7,9,11-12H,8H2,1H3/t11-,12+,16-/m0/s1. The predicted octanol–water partition coefficient (Wildman–Crippen LogP) is 3.19. The van der Waals surface area contributed by atoms with Crippen molar-refractivity contribution in [1.29, 1.82) is 0 Å². The van der Waals surface area contributed by atoms with Crippen LogP contribution >= 0.6 is 0 Å². The van der Waals surface area contributed by atoms with Gasteiger partial charge in [0, 0.05) is 15.7 Å². The Morgan fingerprint density at radius 2 is 1.94 bits per heavy atom. The molecule has 2 heteroatoms. The number of aryl methyl sites for hydroxylation is 1. The molecule has 1 aromatic carbocycles. The summed E-state index contributed by atoms with van der Waals surface area (Å²) in [4.78, 5) is 2.04. The molecule has 3 atom stereocenters. The second-order valence-electron chi connectivity index (χ2n) is 4.54. The van der Waals surface area contributed by atoms with Crippen LogP contribution in [0.3, 0.4) is 0 Å². The first-order chi connectivity index (χ1) is 7.74. The van der Waals surface area contributed by atoms with Crippen LogP contribution < -0.4 is 0 Å². The van der Waals surface area contributed by atoms with Crippen molar-refractivity contribution in [3.63, 3.8) is 0 Å². The van der Waals surface area contributed by atoms with Crippen LogP contribution in [0.25, 0.3) is 0 Å². The molecule has 0 radical (unpaired) electrons. The highest BCUT2D eigenvalue weighted by atomic mass is 32.2. The summed E-state index contributed by atoms with van der Waals surface area (Å²) in [6, 6.07) is 8.00. The largest absolute Gasteiger partial charge is 0.249 e. The molecule has 1 aromatic rings. The maximum Gasteiger partial charge on any atom is 0.0811 e. The zero-order valence-electron chi connectivity index (χ0n) is 9.22. The second kappa shape index (κ2) is 3.70. The van der Waals surface area contributed by atoms with Crippen molar-refractivity contribution in [3.8, 4) is 0 Å². The molecule has 3 rings (SSSR count). The Morgan fingerprint density at radius 1 is 1.19 bits per heavy atom. The lowest BCUT2D eigenvalue weighted by atomic mass is 10.2. The van der Waals surface area contributed by atoms with E-state index in [1.54, 1.807) is 0 Å². The van der Waals surface area contributed by atoms with Gasteiger partial charge in [0.05, 0.1) is 10.8 Å². The van der Waals surface area contributed by atoms with Gasteiger partial charge >= 0.3 is 0 Å². The monoisotopic (exact) mass is 230 g/mol. The van der Waals surface area contributed by atoms with E-state index in [2.05, 4.69) is 18.2 Å². The lowest BCUT2D eigenvalue weighted by molar-refractivity contribution is 0.679. The fourth-order valence-electron chi connectivity index (χ4n) is 2.39. The molecule has 0 amide bonds. The van der Waals surface area contributed by atoms with E-state index in [0.717, 1.165) is 16.2 Å². The van der Waals surface area contributed by atoms with Gasteiger partial charge in [-0.15, -0.1) is 0 Å². The molecule has 16 heavy (non-hydrogen) atoms. The Kier molecular flexibility index (Phi) is 2.32. The van der Waals surface area contributed by atoms with Gasteiger partial charge in [0.2, 0.25) is 0 Å². The van der Waals surface area contributed by atoms with Crippen molar-refractivity contribution in [2.75, 3.05) is 0 Å². The maximum absolute atomic E-state index is 12.4. The average molecular weight is 230 g/mol. The minimum atomic E-state index is -0.957. The molecule has 0 aromatic heterocycles. The fourth-order valence-corrected chi connectivity index (χ4v) is 3.80. The molecule has 1 nitrogen and oxygen atoms in total. The van der Waals surface area contributed by atoms with Crippen LogP contribution in [0.1, 0.15) is 12.0 Å². The van der Waals surface area contributed by atoms with Crippen LogP contribution in [-0.4, -0.2) is 4.21 Å². The number of allylic oxidation sites excluding steroid dienone is 4. The first-order valence-electron chi connectivity index (χ1n) is 5.62. The van der Waals surface area contributed by atoms with Crippen LogP contribution in [0, 0.1) is 18.8 Å².